The van der Waals surface area contributed by atoms with Crippen LogP contribution in [0.3, 0.4) is 0 Å². The molecule has 0 radical (unpaired) electrons. The van der Waals surface area contributed by atoms with Gasteiger partial charge in [-0.3, -0.25) is 4.79 Å². The second-order valence-corrected chi connectivity index (χ2v) is 8.13. The number of benzene rings is 2. The zero-order valence-electron chi connectivity index (χ0n) is 15.0. The zero-order chi connectivity index (χ0) is 18.9. The van der Waals surface area contributed by atoms with Crippen LogP contribution in [-0.4, -0.2) is 39.3 Å². The molecule has 0 N–H and O–H groups in total. The largest absolute Gasteiger partial charge is 0.493 e. The van der Waals surface area contributed by atoms with E-state index in [2.05, 4.69) is 0 Å². The number of ether oxygens (including phenoxy) is 2. The Morgan fingerprint density at radius 1 is 1.00 bits per heavy atom. The van der Waals surface area contributed by atoms with E-state index in [1.54, 1.807) is 36.4 Å². The Labute approximate surface area is 153 Å². The molecule has 0 fully saturated rings. The van der Waals surface area contributed by atoms with Crippen LogP contribution in [0.15, 0.2) is 41.3 Å². The number of fused-ring (bicyclic) bond motifs is 1. The molecule has 138 valence electrons. The Morgan fingerprint density at radius 2 is 1.62 bits per heavy atom. The van der Waals surface area contributed by atoms with E-state index in [9.17, 15) is 13.2 Å². The topological polar surface area (TPSA) is 72.9 Å². The first-order valence-electron chi connectivity index (χ1n) is 8.21. The molecule has 26 heavy (non-hydrogen) atoms. The van der Waals surface area contributed by atoms with Gasteiger partial charge >= 0.3 is 0 Å². The summed E-state index contributed by atoms with van der Waals surface area (Å²) in [6.45, 7) is 2.14. The van der Waals surface area contributed by atoms with E-state index in [4.69, 9.17) is 9.47 Å². The van der Waals surface area contributed by atoms with Gasteiger partial charge in [-0.1, -0.05) is 17.7 Å². The second kappa shape index (κ2) is 7.09. The maximum atomic E-state index is 13.0. The maximum Gasteiger partial charge on any atom is 0.243 e. The van der Waals surface area contributed by atoms with Crippen LogP contribution in [0, 0.1) is 6.92 Å². The quantitative estimate of drug-likeness (QED) is 0.822. The standard InChI is InChI=1S/C19H21NO5S/c1-13-4-6-15(7-5-13)26(22,23)20-9-8-17(21)16-11-19(25-3)18(24-2)10-14(16)12-20/h4-7,10-11H,8-9,12H2,1-3H3. The van der Waals surface area contributed by atoms with E-state index in [0.29, 0.717) is 22.6 Å². The number of methoxy groups -OCH3 is 2. The third-order valence-corrected chi connectivity index (χ3v) is 6.36. The van der Waals surface area contributed by atoms with E-state index in [1.807, 2.05) is 6.92 Å². The van der Waals surface area contributed by atoms with Gasteiger partial charge < -0.3 is 9.47 Å². The average Bonchev–Trinajstić information content (AvgIpc) is 2.80. The van der Waals surface area contributed by atoms with Crippen molar-refractivity contribution in [2.75, 3.05) is 20.8 Å². The van der Waals surface area contributed by atoms with Crippen molar-refractivity contribution >= 4 is 15.8 Å². The Hall–Kier alpha value is -2.38. The van der Waals surface area contributed by atoms with Gasteiger partial charge in [0.2, 0.25) is 10.0 Å². The number of sulfonamides is 1. The molecule has 0 unspecified atom stereocenters. The van der Waals surface area contributed by atoms with Crippen molar-refractivity contribution in [2.24, 2.45) is 0 Å². The molecular formula is C19H21NO5S. The van der Waals surface area contributed by atoms with Crippen molar-refractivity contribution < 1.29 is 22.7 Å². The number of Topliss-reactive ketones (excluding diaryl/α,β-unsaturated/α-hetero) is 1. The van der Waals surface area contributed by atoms with Crippen LogP contribution >= 0.6 is 0 Å². The molecule has 0 atom stereocenters. The van der Waals surface area contributed by atoms with Crippen LogP contribution in [0.25, 0.3) is 0 Å². The minimum absolute atomic E-state index is 0.109. The molecule has 0 amide bonds. The number of carbonyl (C=O) groups is 1. The van der Waals surface area contributed by atoms with Crippen LogP contribution in [0.5, 0.6) is 11.5 Å². The van der Waals surface area contributed by atoms with Crippen LogP contribution in [-0.2, 0) is 16.6 Å². The van der Waals surface area contributed by atoms with E-state index < -0.39 is 10.0 Å². The molecule has 0 bridgehead atoms. The van der Waals surface area contributed by atoms with Gasteiger partial charge in [-0.2, -0.15) is 4.31 Å². The first-order valence-corrected chi connectivity index (χ1v) is 9.65. The van der Waals surface area contributed by atoms with Crippen molar-refractivity contribution in [1.29, 1.82) is 0 Å². The lowest BCUT2D eigenvalue weighted by atomic mass is 10.0. The molecule has 0 spiro atoms. The second-order valence-electron chi connectivity index (χ2n) is 6.19. The maximum absolute atomic E-state index is 13.0. The number of carbonyl (C=O) groups excluding carboxylic acids is 1. The lowest BCUT2D eigenvalue weighted by Gasteiger charge is -2.21. The summed E-state index contributed by atoms with van der Waals surface area (Å²) in [5, 5.41) is 0. The normalized spacial score (nSPS) is 15.3. The van der Waals surface area contributed by atoms with Gasteiger partial charge in [0, 0.05) is 25.1 Å². The highest BCUT2D eigenvalue weighted by Gasteiger charge is 2.30. The summed E-state index contributed by atoms with van der Waals surface area (Å²) in [5.74, 6) is 0.811. The monoisotopic (exact) mass is 375 g/mol. The smallest absolute Gasteiger partial charge is 0.243 e. The van der Waals surface area contributed by atoms with Crippen LogP contribution < -0.4 is 9.47 Å². The van der Waals surface area contributed by atoms with Crippen molar-refractivity contribution in [3.63, 3.8) is 0 Å². The fourth-order valence-corrected chi connectivity index (χ4v) is 4.42. The van der Waals surface area contributed by atoms with E-state index in [1.165, 1.54) is 18.5 Å². The molecule has 0 aromatic heterocycles. The summed E-state index contributed by atoms with van der Waals surface area (Å²) in [4.78, 5) is 12.7. The Balaban J connectivity index is 2.03. The summed E-state index contributed by atoms with van der Waals surface area (Å²) >= 11 is 0. The Morgan fingerprint density at radius 3 is 2.23 bits per heavy atom. The van der Waals surface area contributed by atoms with Gasteiger partial charge in [0.1, 0.15) is 0 Å². The van der Waals surface area contributed by atoms with Crippen molar-refractivity contribution in [2.45, 2.75) is 24.8 Å². The molecule has 1 heterocycles. The van der Waals surface area contributed by atoms with Crippen LogP contribution in [0.4, 0.5) is 0 Å². The molecular weight excluding hydrogens is 354 g/mol. The molecule has 7 heteroatoms. The van der Waals surface area contributed by atoms with Crippen LogP contribution in [0.2, 0.25) is 0 Å². The summed E-state index contributed by atoms with van der Waals surface area (Å²) in [5.41, 5.74) is 2.07. The lowest BCUT2D eigenvalue weighted by molar-refractivity contribution is 0.0981. The van der Waals surface area contributed by atoms with Gasteiger partial charge in [-0.25, -0.2) is 8.42 Å². The molecule has 2 aromatic carbocycles. The minimum Gasteiger partial charge on any atom is -0.493 e. The highest BCUT2D eigenvalue weighted by Crippen LogP contribution is 2.34. The van der Waals surface area contributed by atoms with E-state index in [0.717, 1.165) is 5.56 Å². The highest BCUT2D eigenvalue weighted by molar-refractivity contribution is 7.89. The van der Waals surface area contributed by atoms with Gasteiger partial charge in [-0.05, 0) is 36.8 Å². The number of hydrogen-bond acceptors (Lipinski definition) is 5. The predicted octanol–water partition coefficient (Wildman–Crippen LogP) is 2.79. The number of nitrogens with zero attached hydrogens (tertiary/aromatic N) is 1. The number of ketones is 1. The molecule has 6 nitrogen and oxygen atoms in total. The van der Waals surface area contributed by atoms with Crippen LogP contribution in [0.1, 0.15) is 27.9 Å². The van der Waals surface area contributed by atoms with Gasteiger partial charge in [0.25, 0.3) is 0 Å². The van der Waals surface area contributed by atoms with E-state index >= 15 is 0 Å². The fourth-order valence-electron chi connectivity index (χ4n) is 3.01. The lowest BCUT2D eigenvalue weighted by Crippen LogP contribution is -2.31. The molecule has 0 saturated carbocycles. The number of rotatable bonds is 4. The first kappa shape index (κ1) is 18.4. The molecule has 0 saturated heterocycles. The molecule has 3 rings (SSSR count). The van der Waals surface area contributed by atoms with Crippen molar-refractivity contribution in [3.05, 3.63) is 53.1 Å². The molecule has 0 aliphatic carbocycles. The Bertz CT molecular complexity index is 935. The SMILES string of the molecule is COc1cc2c(cc1OC)C(=O)CCN(S(=O)(=O)c1ccc(C)cc1)C2. The van der Waals surface area contributed by atoms with Crippen molar-refractivity contribution in [1.82, 2.24) is 4.31 Å². The third-order valence-electron chi connectivity index (χ3n) is 4.50. The predicted molar refractivity (Wildman–Crippen MR) is 97.3 cm³/mol. The molecule has 2 aromatic rings. The number of hydrogen-bond donors (Lipinski definition) is 0. The zero-order valence-corrected chi connectivity index (χ0v) is 15.8. The third kappa shape index (κ3) is 3.32. The average molecular weight is 375 g/mol. The van der Waals surface area contributed by atoms with Gasteiger partial charge in [-0.15, -0.1) is 0 Å². The highest BCUT2D eigenvalue weighted by atomic mass is 32.2. The Kier molecular flexibility index (Phi) is 5.02. The summed E-state index contributed by atoms with van der Waals surface area (Å²) in [6.07, 6.45) is 0.119. The molecule has 1 aliphatic rings. The summed E-state index contributed by atoms with van der Waals surface area (Å²) in [6, 6.07) is 10.0. The summed E-state index contributed by atoms with van der Waals surface area (Å²) < 4.78 is 37.9. The van der Waals surface area contributed by atoms with Crippen molar-refractivity contribution in [3.8, 4) is 11.5 Å². The van der Waals surface area contributed by atoms with Gasteiger partial charge in [0.05, 0.1) is 19.1 Å². The fraction of sp³-hybridized carbons (Fsp3) is 0.316. The number of aryl methyl sites for hydroxylation is 1. The minimum atomic E-state index is -3.69. The summed E-state index contributed by atoms with van der Waals surface area (Å²) in [7, 11) is -0.691. The molecule has 1 aliphatic heterocycles. The van der Waals surface area contributed by atoms with Gasteiger partial charge in [0.15, 0.2) is 17.3 Å². The van der Waals surface area contributed by atoms with E-state index in [-0.39, 0.29) is 30.2 Å². The first-order chi connectivity index (χ1) is 12.4.